The highest BCUT2D eigenvalue weighted by molar-refractivity contribution is 5.81. The minimum atomic E-state index is -0.845. The third kappa shape index (κ3) is 7.29. The van der Waals surface area contributed by atoms with E-state index in [0.29, 0.717) is 30.6 Å². The molecule has 2 saturated carbocycles. The second-order valence-electron chi connectivity index (χ2n) is 11.5. The fourth-order valence-electron chi connectivity index (χ4n) is 5.32. The zero-order chi connectivity index (χ0) is 21.8. The molecule has 0 spiro atoms. The summed E-state index contributed by atoms with van der Waals surface area (Å²) in [6.45, 7) is 13.4. The van der Waals surface area contributed by atoms with Crippen molar-refractivity contribution in [3.8, 4) is 0 Å². The first-order chi connectivity index (χ1) is 13.5. The van der Waals surface area contributed by atoms with E-state index in [1.165, 1.54) is 12.8 Å². The van der Waals surface area contributed by atoms with Gasteiger partial charge in [0, 0.05) is 0 Å². The largest absolute Gasteiger partial charge is 0.481 e. The fraction of sp³-hybridized carbons (Fsp3) is 0.920. The highest BCUT2D eigenvalue weighted by atomic mass is 16.5. The second-order valence-corrected chi connectivity index (χ2v) is 11.5. The van der Waals surface area contributed by atoms with Gasteiger partial charge in [-0.25, -0.2) is 0 Å². The van der Waals surface area contributed by atoms with Crippen LogP contribution in [0, 0.1) is 40.9 Å². The van der Waals surface area contributed by atoms with Crippen molar-refractivity contribution in [2.45, 2.75) is 105 Å². The highest BCUT2D eigenvalue weighted by Crippen LogP contribution is 2.40. The molecule has 168 valence electrons. The maximum atomic E-state index is 13.1. The number of aliphatic carboxylic acids is 1. The van der Waals surface area contributed by atoms with Gasteiger partial charge in [0.25, 0.3) is 0 Å². The summed E-state index contributed by atoms with van der Waals surface area (Å²) in [4.78, 5) is 24.8. The predicted molar refractivity (Wildman–Crippen MR) is 116 cm³/mol. The number of carbonyl (C=O) groups excluding carboxylic acids is 1. The summed E-state index contributed by atoms with van der Waals surface area (Å²) < 4.78 is 6.13. The van der Waals surface area contributed by atoms with Crippen LogP contribution in [-0.4, -0.2) is 23.1 Å². The van der Waals surface area contributed by atoms with E-state index in [-0.39, 0.29) is 17.5 Å². The maximum Gasteiger partial charge on any atom is 0.310 e. The Bertz CT molecular complexity index is 540. The zero-order valence-corrected chi connectivity index (χ0v) is 19.6. The van der Waals surface area contributed by atoms with Crippen molar-refractivity contribution in [1.29, 1.82) is 0 Å². The molecule has 4 unspecified atom stereocenters. The molecule has 4 nitrogen and oxygen atoms in total. The number of esters is 1. The molecular formula is C25H44O4. The minimum absolute atomic E-state index is 0.0661. The summed E-state index contributed by atoms with van der Waals surface area (Å²) in [5.41, 5.74) is 0.198. The monoisotopic (exact) mass is 408 g/mol. The summed E-state index contributed by atoms with van der Waals surface area (Å²) in [7, 11) is 0. The number of rotatable bonds is 7. The van der Waals surface area contributed by atoms with Gasteiger partial charge in [-0.15, -0.1) is 0 Å². The normalized spacial score (nSPS) is 32.0. The highest BCUT2D eigenvalue weighted by Gasteiger charge is 2.41. The summed E-state index contributed by atoms with van der Waals surface area (Å²) in [6, 6.07) is 0. The maximum absolute atomic E-state index is 13.1. The van der Waals surface area contributed by atoms with Crippen molar-refractivity contribution in [3.63, 3.8) is 0 Å². The van der Waals surface area contributed by atoms with Crippen LogP contribution in [0.4, 0.5) is 0 Å². The van der Waals surface area contributed by atoms with Crippen molar-refractivity contribution in [1.82, 2.24) is 0 Å². The SMILES string of the molecule is CC1CCC(C(=O)OC(CCC(C)(C)C)C2CCC(C(C)C)CC2)C(C(=O)O)C1. The quantitative estimate of drug-likeness (QED) is 0.500. The van der Waals surface area contributed by atoms with Crippen molar-refractivity contribution in [3.05, 3.63) is 0 Å². The van der Waals surface area contributed by atoms with Crippen LogP contribution in [-0.2, 0) is 14.3 Å². The molecule has 0 heterocycles. The van der Waals surface area contributed by atoms with Crippen LogP contribution in [0.1, 0.15) is 99.3 Å². The lowest BCUT2D eigenvalue weighted by atomic mass is 9.73. The van der Waals surface area contributed by atoms with E-state index in [0.717, 1.165) is 38.0 Å². The van der Waals surface area contributed by atoms with Crippen molar-refractivity contribution >= 4 is 11.9 Å². The van der Waals surface area contributed by atoms with Gasteiger partial charge in [0.05, 0.1) is 11.8 Å². The first-order valence-electron chi connectivity index (χ1n) is 11.9. The van der Waals surface area contributed by atoms with E-state index in [9.17, 15) is 14.7 Å². The van der Waals surface area contributed by atoms with Gasteiger partial charge in [-0.2, -0.15) is 0 Å². The Morgan fingerprint density at radius 2 is 1.55 bits per heavy atom. The Balaban J connectivity index is 2.06. The van der Waals surface area contributed by atoms with Gasteiger partial charge in [-0.05, 0) is 86.9 Å². The lowest BCUT2D eigenvalue weighted by Gasteiger charge is -2.37. The Labute approximate surface area is 178 Å². The van der Waals surface area contributed by atoms with Crippen LogP contribution in [0.3, 0.4) is 0 Å². The van der Waals surface area contributed by atoms with E-state index in [1.54, 1.807) is 0 Å². The van der Waals surface area contributed by atoms with E-state index in [2.05, 4.69) is 41.5 Å². The molecule has 2 fully saturated rings. The summed E-state index contributed by atoms with van der Waals surface area (Å²) in [6.07, 6.45) is 8.63. The van der Waals surface area contributed by atoms with E-state index in [1.807, 2.05) is 0 Å². The second kappa shape index (κ2) is 10.3. The molecule has 0 aromatic carbocycles. The van der Waals surface area contributed by atoms with Crippen LogP contribution in [0.2, 0.25) is 0 Å². The molecule has 0 aliphatic heterocycles. The van der Waals surface area contributed by atoms with E-state index in [4.69, 9.17) is 4.74 Å². The molecular weight excluding hydrogens is 364 g/mol. The third-order valence-corrected chi connectivity index (χ3v) is 7.46. The molecule has 0 aromatic rings. The van der Waals surface area contributed by atoms with Gasteiger partial charge in [-0.3, -0.25) is 9.59 Å². The number of carbonyl (C=O) groups is 2. The molecule has 0 radical (unpaired) electrons. The van der Waals surface area contributed by atoms with Crippen molar-refractivity contribution in [2.75, 3.05) is 0 Å². The van der Waals surface area contributed by atoms with Gasteiger partial charge in [0.1, 0.15) is 6.10 Å². The standard InChI is InChI=1S/C25H44O4/c1-16(2)18-8-10-19(11-9-18)22(13-14-25(4,5)6)29-24(28)20-12-7-17(3)15-21(20)23(26)27/h16-22H,7-15H2,1-6H3,(H,26,27). The fourth-order valence-corrected chi connectivity index (χ4v) is 5.32. The average molecular weight is 409 g/mol. The van der Waals surface area contributed by atoms with Crippen LogP contribution >= 0.6 is 0 Å². The molecule has 0 bridgehead atoms. The predicted octanol–water partition coefficient (Wildman–Crippen LogP) is 6.32. The summed E-state index contributed by atoms with van der Waals surface area (Å²) in [5.74, 6) is 0.106. The van der Waals surface area contributed by atoms with Gasteiger partial charge in [0.2, 0.25) is 0 Å². The molecule has 2 aliphatic carbocycles. The number of ether oxygens (including phenoxy) is 1. The molecule has 2 rings (SSSR count). The number of hydrogen-bond donors (Lipinski definition) is 1. The molecule has 0 amide bonds. The van der Waals surface area contributed by atoms with Gasteiger partial charge in [0.15, 0.2) is 0 Å². The molecule has 0 saturated heterocycles. The first-order valence-corrected chi connectivity index (χ1v) is 11.9. The summed E-state index contributed by atoms with van der Waals surface area (Å²) >= 11 is 0. The lowest BCUT2D eigenvalue weighted by Crippen LogP contribution is -2.39. The Morgan fingerprint density at radius 1 is 0.966 bits per heavy atom. The topological polar surface area (TPSA) is 63.6 Å². The van der Waals surface area contributed by atoms with Gasteiger partial charge in [-0.1, -0.05) is 41.5 Å². The Hall–Kier alpha value is -1.06. The molecule has 4 atom stereocenters. The average Bonchev–Trinajstić information content (AvgIpc) is 2.64. The number of carboxylic acid groups (broad SMARTS) is 1. The smallest absolute Gasteiger partial charge is 0.310 e. The number of carboxylic acids is 1. The lowest BCUT2D eigenvalue weighted by molar-refractivity contribution is -0.168. The Kier molecular flexibility index (Phi) is 8.60. The van der Waals surface area contributed by atoms with Crippen LogP contribution in [0.5, 0.6) is 0 Å². The molecule has 29 heavy (non-hydrogen) atoms. The van der Waals surface area contributed by atoms with Gasteiger partial charge >= 0.3 is 11.9 Å². The third-order valence-electron chi connectivity index (χ3n) is 7.46. The van der Waals surface area contributed by atoms with Crippen molar-refractivity contribution in [2.24, 2.45) is 40.9 Å². The first kappa shape index (κ1) is 24.2. The van der Waals surface area contributed by atoms with E-state index >= 15 is 0 Å². The molecule has 1 N–H and O–H groups in total. The molecule has 4 heteroatoms. The summed E-state index contributed by atoms with van der Waals surface area (Å²) in [5, 5.41) is 9.64. The molecule has 2 aliphatic rings. The minimum Gasteiger partial charge on any atom is -0.481 e. The van der Waals surface area contributed by atoms with Crippen LogP contribution in [0.15, 0.2) is 0 Å². The van der Waals surface area contributed by atoms with Crippen LogP contribution < -0.4 is 0 Å². The molecule has 0 aromatic heterocycles. The number of hydrogen-bond acceptors (Lipinski definition) is 3. The Morgan fingerprint density at radius 3 is 2.07 bits per heavy atom. The van der Waals surface area contributed by atoms with Crippen LogP contribution in [0.25, 0.3) is 0 Å². The van der Waals surface area contributed by atoms with Crippen molar-refractivity contribution < 1.29 is 19.4 Å². The van der Waals surface area contributed by atoms with Gasteiger partial charge < -0.3 is 9.84 Å². The zero-order valence-electron chi connectivity index (χ0n) is 19.6. The van der Waals surface area contributed by atoms with E-state index < -0.39 is 17.8 Å².